The molecule has 1 amide bonds. The van der Waals surface area contributed by atoms with E-state index in [9.17, 15) is 4.79 Å². The van der Waals surface area contributed by atoms with Crippen LogP contribution in [0.25, 0.3) is 11.3 Å². The van der Waals surface area contributed by atoms with E-state index in [1.165, 1.54) is 0 Å². The third kappa shape index (κ3) is 5.49. The molecule has 0 radical (unpaired) electrons. The molecule has 0 spiro atoms. The highest BCUT2D eigenvalue weighted by Crippen LogP contribution is 2.32. The summed E-state index contributed by atoms with van der Waals surface area (Å²) in [7, 11) is 3.15. The average Bonchev–Trinajstić information content (AvgIpc) is 3.09. The maximum Gasteiger partial charge on any atom is 0.226 e. The minimum absolute atomic E-state index is 0.0938. The molecule has 1 aromatic carbocycles. The Bertz CT molecular complexity index is 684. The Morgan fingerprint density at radius 2 is 2.00 bits per heavy atom. The molecule has 0 unspecified atom stereocenters. The predicted molar refractivity (Wildman–Crippen MR) is 92.9 cm³/mol. The summed E-state index contributed by atoms with van der Waals surface area (Å²) in [6.07, 6.45) is 0.959. The van der Waals surface area contributed by atoms with Gasteiger partial charge in [-0.3, -0.25) is 4.79 Å². The Morgan fingerprint density at radius 3 is 2.72 bits per heavy atom. The van der Waals surface area contributed by atoms with Gasteiger partial charge in [0.15, 0.2) is 17.3 Å². The van der Waals surface area contributed by atoms with Gasteiger partial charge in [0.1, 0.15) is 0 Å². The SMILES string of the molecule is CCOCCCNC(=O)Cc1cc(-c2ccc(OC)c(OC)c2)on1. The lowest BCUT2D eigenvalue weighted by Gasteiger charge is -2.07. The third-order valence-electron chi connectivity index (χ3n) is 3.56. The van der Waals surface area contributed by atoms with Crippen LogP contribution in [0.3, 0.4) is 0 Å². The molecule has 1 aromatic heterocycles. The molecular formula is C18H24N2O5. The fourth-order valence-corrected chi connectivity index (χ4v) is 2.29. The number of benzene rings is 1. The number of methoxy groups -OCH3 is 2. The molecule has 0 saturated heterocycles. The summed E-state index contributed by atoms with van der Waals surface area (Å²) >= 11 is 0. The summed E-state index contributed by atoms with van der Waals surface area (Å²) in [5.74, 6) is 1.71. The number of aromatic nitrogens is 1. The van der Waals surface area contributed by atoms with Gasteiger partial charge in [-0.1, -0.05) is 5.16 Å². The normalized spacial score (nSPS) is 10.5. The van der Waals surface area contributed by atoms with E-state index in [1.54, 1.807) is 32.4 Å². The van der Waals surface area contributed by atoms with Crippen LogP contribution >= 0.6 is 0 Å². The third-order valence-corrected chi connectivity index (χ3v) is 3.56. The van der Waals surface area contributed by atoms with Gasteiger partial charge in [0.25, 0.3) is 0 Å². The van der Waals surface area contributed by atoms with Gasteiger partial charge < -0.3 is 24.1 Å². The van der Waals surface area contributed by atoms with Crippen LogP contribution < -0.4 is 14.8 Å². The summed E-state index contributed by atoms with van der Waals surface area (Å²) in [5.41, 5.74) is 1.38. The minimum Gasteiger partial charge on any atom is -0.493 e. The number of amides is 1. The number of nitrogens with one attached hydrogen (secondary N) is 1. The zero-order valence-electron chi connectivity index (χ0n) is 14.8. The zero-order chi connectivity index (χ0) is 18.1. The first-order valence-electron chi connectivity index (χ1n) is 8.20. The number of hydrogen-bond acceptors (Lipinski definition) is 6. The lowest BCUT2D eigenvalue weighted by molar-refractivity contribution is -0.120. The fraction of sp³-hybridized carbons (Fsp3) is 0.444. The monoisotopic (exact) mass is 348 g/mol. The lowest BCUT2D eigenvalue weighted by Crippen LogP contribution is -2.26. The smallest absolute Gasteiger partial charge is 0.226 e. The average molecular weight is 348 g/mol. The maximum absolute atomic E-state index is 11.9. The molecule has 1 heterocycles. The quantitative estimate of drug-likeness (QED) is 0.664. The van der Waals surface area contributed by atoms with Crippen LogP contribution in [0.2, 0.25) is 0 Å². The number of carbonyl (C=O) groups excluding carboxylic acids is 1. The van der Waals surface area contributed by atoms with E-state index in [-0.39, 0.29) is 12.3 Å². The molecule has 0 saturated carbocycles. The highest BCUT2D eigenvalue weighted by molar-refractivity contribution is 5.78. The van der Waals surface area contributed by atoms with Crippen LogP contribution in [0.5, 0.6) is 11.5 Å². The van der Waals surface area contributed by atoms with Gasteiger partial charge >= 0.3 is 0 Å². The van der Waals surface area contributed by atoms with Crippen molar-refractivity contribution in [3.8, 4) is 22.8 Å². The van der Waals surface area contributed by atoms with E-state index in [4.69, 9.17) is 18.7 Å². The molecule has 7 heteroatoms. The first-order valence-corrected chi connectivity index (χ1v) is 8.20. The summed E-state index contributed by atoms with van der Waals surface area (Å²) < 4.78 is 21.1. The summed E-state index contributed by atoms with van der Waals surface area (Å²) in [5, 5.41) is 6.79. The molecule has 7 nitrogen and oxygen atoms in total. The topological polar surface area (TPSA) is 82.8 Å². The van der Waals surface area contributed by atoms with Crippen molar-refractivity contribution < 1.29 is 23.5 Å². The fourth-order valence-electron chi connectivity index (χ4n) is 2.29. The molecule has 0 aliphatic rings. The molecule has 2 rings (SSSR count). The molecule has 25 heavy (non-hydrogen) atoms. The molecule has 0 fully saturated rings. The highest BCUT2D eigenvalue weighted by Gasteiger charge is 2.13. The molecule has 0 atom stereocenters. The van der Waals surface area contributed by atoms with Crippen LogP contribution in [-0.4, -0.2) is 45.0 Å². The van der Waals surface area contributed by atoms with Crippen molar-refractivity contribution in [2.24, 2.45) is 0 Å². The van der Waals surface area contributed by atoms with Crippen molar-refractivity contribution >= 4 is 5.91 Å². The van der Waals surface area contributed by atoms with Crippen LogP contribution in [0, 0.1) is 0 Å². The second kappa shape index (κ2) is 9.68. The van der Waals surface area contributed by atoms with Crippen molar-refractivity contribution in [3.05, 3.63) is 30.0 Å². The number of hydrogen-bond donors (Lipinski definition) is 1. The summed E-state index contributed by atoms with van der Waals surface area (Å²) in [6, 6.07) is 7.19. The maximum atomic E-state index is 11.9. The Balaban J connectivity index is 1.92. The number of ether oxygens (including phenoxy) is 3. The molecule has 136 valence electrons. The lowest BCUT2D eigenvalue weighted by atomic mass is 10.1. The van der Waals surface area contributed by atoms with Crippen molar-refractivity contribution in [1.82, 2.24) is 10.5 Å². The van der Waals surface area contributed by atoms with Crippen LogP contribution in [-0.2, 0) is 16.0 Å². The van der Waals surface area contributed by atoms with Gasteiger partial charge in [0, 0.05) is 31.4 Å². The van der Waals surface area contributed by atoms with E-state index in [0.29, 0.717) is 42.7 Å². The van der Waals surface area contributed by atoms with E-state index in [1.807, 2.05) is 13.0 Å². The first-order chi connectivity index (χ1) is 12.2. The molecule has 2 aromatic rings. The number of nitrogens with zero attached hydrogens (tertiary/aromatic N) is 1. The Kier molecular flexibility index (Phi) is 7.28. The van der Waals surface area contributed by atoms with Crippen LogP contribution in [0.4, 0.5) is 0 Å². The van der Waals surface area contributed by atoms with E-state index >= 15 is 0 Å². The van der Waals surface area contributed by atoms with Gasteiger partial charge in [0.2, 0.25) is 5.91 Å². The van der Waals surface area contributed by atoms with Gasteiger partial charge in [-0.2, -0.15) is 0 Å². The Hall–Kier alpha value is -2.54. The van der Waals surface area contributed by atoms with Crippen molar-refractivity contribution in [3.63, 3.8) is 0 Å². The van der Waals surface area contributed by atoms with Gasteiger partial charge in [0.05, 0.1) is 26.3 Å². The van der Waals surface area contributed by atoms with E-state index in [0.717, 1.165) is 12.0 Å². The van der Waals surface area contributed by atoms with Crippen molar-refractivity contribution in [2.45, 2.75) is 19.8 Å². The largest absolute Gasteiger partial charge is 0.493 e. The van der Waals surface area contributed by atoms with E-state index in [2.05, 4.69) is 10.5 Å². The van der Waals surface area contributed by atoms with E-state index < -0.39 is 0 Å². The zero-order valence-corrected chi connectivity index (χ0v) is 14.8. The molecule has 0 bridgehead atoms. The van der Waals surface area contributed by atoms with Gasteiger partial charge in [-0.05, 0) is 31.5 Å². The Morgan fingerprint density at radius 1 is 1.20 bits per heavy atom. The summed E-state index contributed by atoms with van der Waals surface area (Å²) in [4.78, 5) is 11.9. The molecular weight excluding hydrogens is 324 g/mol. The Labute approximate surface area is 147 Å². The van der Waals surface area contributed by atoms with Crippen molar-refractivity contribution in [1.29, 1.82) is 0 Å². The second-order valence-electron chi connectivity index (χ2n) is 5.33. The second-order valence-corrected chi connectivity index (χ2v) is 5.33. The first kappa shape index (κ1) is 18.8. The van der Waals surface area contributed by atoms with Gasteiger partial charge in [-0.15, -0.1) is 0 Å². The number of carbonyl (C=O) groups is 1. The molecule has 0 aliphatic carbocycles. The van der Waals surface area contributed by atoms with Gasteiger partial charge in [-0.25, -0.2) is 0 Å². The highest BCUT2D eigenvalue weighted by atomic mass is 16.5. The summed E-state index contributed by atoms with van der Waals surface area (Å²) in [6.45, 7) is 3.86. The predicted octanol–water partition coefficient (Wildman–Crippen LogP) is 2.44. The number of rotatable bonds is 10. The molecule has 1 N–H and O–H groups in total. The van der Waals surface area contributed by atoms with Crippen LogP contribution in [0.15, 0.2) is 28.8 Å². The standard InChI is InChI=1S/C18H24N2O5/c1-4-24-9-5-8-19-18(21)12-14-11-16(25-20-14)13-6-7-15(22-2)17(10-13)23-3/h6-7,10-11H,4-5,8-9,12H2,1-3H3,(H,19,21). The molecule has 0 aliphatic heterocycles. The van der Waals surface area contributed by atoms with Crippen molar-refractivity contribution in [2.75, 3.05) is 34.0 Å². The minimum atomic E-state index is -0.0938. The van der Waals surface area contributed by atoms with Crippen LogP contribution in [0.1, 0.15) is 19.0 Å².